The summed E-state index contributed by atoms with van der Waals surface area (Å²) in [7, 11) is -2.49. The van der Waals surface area contributed by atoms with E-state index in [1.54, 1.807) is 12.3 Å². The molecule has 0 N–H and O–H groups in total. The van der Waals surface area contributed by atoms with E-state index in [0.717, 1.165) is 11.3 Å². The van der Waals surface area contributed by atoms with Crippen molar-refractivity contribution in [2.24, 2.45) is 0 Å². The Labute approximate surface area is 96.4 Å². The standard InChI is InChI=1S/C6H8ClNO4S3/c1-5-4-13-6(8-5)14(9,10)2-3-15(7,11)12/h4H,2-3H2,1H3. The van der Waals surface area contributed by atoms with Crippen LogP contribution < -0.4 is 0 Å². The highest BCUT2D eigenvalue weighted by Gasteiger charge is 2.21. The smallest absolute Gasteiger partial charge is 0.231 e. The molecule has 0 fully saturated rings. The van der Waals surface area contributed by atoms with Gasteiger partial charge in [-0.1, -0.05) is 0 Å². The van der Waals surface area contributed by atoms with E-state index in [2.05, 4.69) is 4.98 Å². The topological polar surface area (TPSA) is 81.2 Å². The molecule has 1 aromatic heterocycles. The normalized spacial score (nSPS) is 12.9. The average molecular weight is 290 g/mol. The summed E-state index contributed by atoms with van der Waals surface area (Å²) in [6.45, 7) is 1.66. The molecule has 86 valence electrons. The van der Waals surface area contributed by atoms with Crippen LogP contribution in [-0.2, 0) is 18.9 Å². The van der Waals surface area contributed by atoms with Crippen molar-refractivity contribution in [3.8, 4) is 0 Å². The zero-order chi connectivity index (χ0) is 11.7. The molecule has 0 aliphatic rings. The van der Waals surface area contributed by atoms with Crippen LogP contribution in [0, 0.1) is 6.92 Å². The SMILES string of the molecule is Cc1csc(S(=O)(=O)CCS(=O)(=O)Cl)n1. The van der Waals surface area contributed by atoms with Crippen LogP contribution in [0.5, 0.6) is 0 Å². The molecule has 0 unspecified atom stereocenters. The van der Waals surface area contributed by atoms with Crippen molar-refractivity contribution in [1.29, 1.82) is 0 Å². The van der Waals surface area contributed by atoms with Crippen molar-refractivity contribution in [3.05, 3.63) is 11.1 Å². The minimum Gasteiger partial charge on any atom is -0.231 e. The summed E-state index contributed by atoms with van der Waals surface area (Å²) in [5.41, 5.74) is 0.590. The molecule has 0 aliphatic heterocycles. The summed E-state index contributed by atoms with van der Waals surface area (Å²) in [6, 6.07) is 0. The molecule has 0 atom stereocenters. The second kappa shape index (κ2) is 4.36. The molecule has 9 heteroatoms. The zero-order valence-corrected chi connectivity index (χ0v) is 10.9. The van der Waals surface area contributed by atoms with Gasteiger partial charge in [0.05, 0.1) is 11.5 Å². The maximum Gasteiger partial charge on any atom is 0.233 e. The first-order valence-electron chi connectivity index (χ1n) is 3.78. The van der Waals surface area contributed by atoms with Crippen LogP contribution in [0.3, 0.4) is 0 Å². The van der Waals surface area contributed by atoms with E-state index in [1.165, 1.54) is 0 Å². The minimum atomic E-state index is -3.79. The van der Waals surface area contributed by atoms with E-state index in [9.17, 15) is 16.8 Å². The summed E-state index contributed by atoms with van der Waals surface area (Å²) in [5.74, 6) is -1.14. The van der Waals surface area contributed by atoms with Crippen molar-refractivity contribution in [1.82, 2.24) is 4.98 Å². The lowest BCUT2D eigenvalue weighted by molar-refractivity contribution is 0.592. The monoisotopic (exact) mass is 289 g/mol. The second-order valence-electron chi connectivity index (χ2n) is 2.82. The van der Waals surface area contributed by atoms with Gasteiger partial charge in [0.15, 0.2) is 0 Å². The molecule has 0 saturated heterocycles. The van der Waals surface area contributed by atoms with Gasteiger partial charge in [0.1, 0.15) is 0 Å². The van der Waals surface area contributed by atoms with Crippen LogP contribution in [0.2, 0.25) is 0 Å². The number of halogens is 1. The van der Waals surface area contributed by atoms with Crippen LogP contribution in [0.25, 0.3) is 0 Å². The van der Waals surface area contributed by atoms with Gasteiger partial charge in [-0.25, -0.2) is 21.8 Å². The molecular formula is C6H8ClNO4S3. The number of nitrogens with zero attached hydrogens (tertiary/aromatic N) is 1. The molecule has 1 aromatic rings. The maximum atomic E-state index is 11.5. The Morgan fingerprint density at radius 3 is 2.33 bits per heavy atom. The lowest BCUT2D eigenvalue weighted by Crippen LogP contribution is -2.14. The molecule has 1 rings (SSSR count). The molecule has 0 saturated carbocycles. The van der Waals surface area contributed by atoms with E-state index in [4.69, 9.17) is 10.7 Å². The third-order valence-corrected chi connectivity index (χ3v) is 6.04. The molecule has 0 aliphatic carbocycles. The van der Waals surface area contributed by atoms with E-state index < -0.39 is 30.4 Å². The number of hydrogen-bond donors (Lipinski definition) is 0. The first-order valence-corrected chi connectivity index (χ1v) is 8.79. The lowest BCUT2D eigenvalue weighted by Gasteiger charge is -1.97. The van der Waals surface area contributed by atoms with Gasteiger partial charge in [0.2, 0.25) is 23.2 Å². The fraction of sp³-hybridized carbons (Fsp3) is 0.500. The highest BCUT2D eigenvalue weighted by Crippen LogP contribution is 2.17. The van der Waals surface area contributed by atoms with E-state index >= 15 is 0 Å². The van der Waals surface area contributed by atoms with Gasteiger partial charge < -0.3 is 0 Å². The van der Waals surface area contributed by atoms with Gasteiger partial charge in [-0.15, -0.1) is 11.3 Å². The van der Waals surface area contributed by atoms with Crippen molar-refractivity contribution in [3.63, 3.8) is 0 Å². The number of hydrogen-bond acceptors (Lipinski definition) is 6. The molecule has 15 heavy (non-hydrogen) atoms. The van der Waals surface area contributed by atoms with Crippen molar-refractivity contribution in [2.75, 3.05) is 11.5 Å². The van der Waals surface area contributed by atoms with E-state index in [-0.39, 0.29) is 4.34 Å². The Hall–Kier alpha value is -0.180. The summed E-state index contributed by atoms with van der Waals surface area (Å²) in [5, 5.41) is 1.59. The van der Waals surface area contributed by atoms with Gasteiger partial charge in [-0.05, 0) is 6.92 Å². The third kappa shape index (κ3) is 4.06. The van der Waals surface area contributed by atoms with Gasteiger partial charge in [-0.2, -0.15) is 0 Å². The van der Waals surface area contributed by atoms with Gasteiger partial charge >= 0.3 is 0 Å². The lowest BCUT2D eigenvalue weighted by atomic mass is 10.6. The largest absolute Gasteiger partial charge is 0.233 e. The Morgan fingerprint density at radius 1 is 1.33 bits per heavy atom. The third-order valence-electron chi connectivity index (χ3n) is 1.46. The Kier molecular flexibility index (Phi) is 3.75. The summed E-state index contributed by atoms with van der Waals surface area (Å²) in [4.78, 5) is 3.78. The van der Waals surface area contributed by atoms with Crippen LogP contribution in [0.1, 0.15) is 5.69 Å². The Bertz CT molecular complexity index is 545. The highest BCUT2D eigenvalue weighted by molar-refractivity contribution is 8.14. The van der Waals surface area contributed by atoms with Crippen molar-refractivity contribution in [2.45, 2.75) is 11.3 Å². The predicted octanol–water partition coefficient (Wildman–Crippen LogP) is 0.794. The van der Waals surface area contributed by atoms with Crippen molar-refractivity contribution < 1.29 is 16.8 Å². The first kappa shape index (κ1) is 12.9. The highest BCUT2D eigenvalue weighted by atomic mass is 35.7. The number of aromatic nitrogens is 1. The maximum absolute atomic E-state index is 11.5. The predicted molar refractivity (Wildman–Crippen MR) is 58.5 cm³/mol. The minimum absolute atomic E-state index is 0.0692. The summed E-state index contributed by atoms with van der Waals surface area (Å²) >= 11 is 0.970. The average Bonchev–Trinajstić information content (AvgIpc) is 2.48. The molecule has 0 amide bonds. The van der Waals surface area contributed by atoms with Gasteiger partial charge in [0.25, 0.3) is 0 Å². The Balaban J connectivity index is 2.86. The Morgan fingerprint density at radius 2 is 1.93 bits per heavy atom. The van der Waals surface area contributed by atoms with Crippen LogP contribution in [-0.4, -0.2) is 33.3 Å². The van der Waals surface area contributed by atoms with Gasteiger partial charge in [-0.3, -0.25) is 0 Å². The van der Waals surface area contributed by atoms with E-state index in [1.807, 2.05) is 0 Å². The van der Waals surface area contributed by atoms with E-state index in [0.29, 0.717) is 5.69 Å². The molecule has 0 radical (unpaired) electrons. The quantitative estimate of drug-likeness (QED) is 0.766. The van der Waals surface area contributed by atoms with Crippen molar-refractivity contribution >= 4 is 40.9 Å². The summed E-state index contributed by atoms with van der Waals surface area (Å²) < 4.78 is 44.2. The number of thiazole rings is 1. The molecule has 1 heterocycles. The van der Waals surface area contributed by atoms with Gasteiger partial charge in [0, 0.05) is 21.8 Å². The summed E-state index contributed by atoms with van der Waals surface area (Å²) in [6.07, 6.45) is 0. The molecule has 0 spiro atoms. The van der Waals surface area contributed by atoms with Crippen LogP contribution in [0.4, 0.5) is 0 Å². The molecule has 5 nitrogen and oxygen atoms in total. The fourth-order valence-corrected chi connectivity index (χ4v) is 4.97. The number of sulfone groups is 1. The first-order chi connectivity index (χ1) is 6.71. The second-order valence-corrected chi connectivity index (χ2v) is 8.85. The van der Waals surface area contributed by atoms with Crippen LogP contribution >= 0.6 is 22.0 Å². The molecular weight excluding hydrogens is 282 g/mol. The molecule has 0 bridgehead atoms. The molecule has 0 aromatic carbocycles. The number of aryl methyl sites for hydroxylation is 1. The number of rotatable bonds is 4. The zero-order valence-electron chi connectivity index (χ0n) is 7.67. The van der Waals surface area contributed by atoms with Crippen LogP contribution in [0.15, 0.2) is 9.72 Å². The fourth-order valence-electron chi connectivity index (χ4n) is 0.772.